The highest BCUT2D eigenvalue weighted by Crippen LogP contribution is 1.96. The van der Waals surface area contributed by atoms with Crippen LogP contribution in [0.3, 0.4) is 0 Å². The van der Waals surface area contributed by atoms with Crippen LogP contribution in [-0.4, -0.2) is 63.8 Å². The van der Waals surface area contributed by atoms with E-state index in [1.165, 1.54) is 0 Å². The summed E-state index contributed by atoms with van der Waals surface area (Å²) in [5.41, 5.74) is 0. The monoisotopic (exact) mass is 182 g/mol. The lowest BCUT2D eigenvalue weighted by Crippen LogP contribution is -2.40. The minimum Gasteiger partial charge on any atom is -0.400 e. The predicted molar refractivity (Wildman–Crippen MR) is 39.3 cm³/mol. The number of aliphatic hydroxyl groups excluding tert-OH is 5. The summed E-state index contributed by atoms with van der Waals surface area (Å²) in [7, 11) is 1.00. The maximum absolute atomic E-state index is 9.76. The van der Waals surface area contributed by atoms with E-state index in [4.69, 9.17) is 25.5 Å². The van der Waals surface area contributed by atoms with Crippen molar-refractivity contribution in [2.45, 2.75) is 18.3 Å². The average molecular weight is 182 g/mol. The Bertz CT molecular complexity index is 106. The van der Waals surface area contributed by atoms with Gasteiger partial charge in [-0.25, -0.2) is 0 Å². The Labute approximate surface area is 69.7 Å². The van der Waals surface area contributed by atoms with Gasteiger partial charge in [-0.2, -0.15) is 0 Å². The SMILES string of the molecule is CO.O=C[C@H](O)[C@@H](O)[C@H](O)CO. The first-order chi connectivity index (χ1) is 5.63. The minimum atomic E-state index is -1.64. The summed E-state index contributed by atoms with van der Waals surface area (Å²) < 4.78 is 0. The quantitative estimate of drug-likeness (QED) is 0.293. The smallest absolute Gasteiger partial charge is 0.151 e. The number of hydrogen-bond donors (Lipinski definition) is 5. The molecule has 3 atom stereocenters. The number of rotatable bonds is 4. The molecule has 0 aromatic carbocycles. The van der Waals surface area contributed by atoms with Crippen LogP contribution in [0.1, 0.15) is 0 Å². The molecule has 0 radical (unpaired) electrons. The summed E-state index contributed by atoms with van der Waals surface area (Å²) in [6, 6.07) is 0. The van der Waals surface area contributed by atoms with Crippen LogP contribution in [-0.2, 0) is 4.79 Å². The van der Waals surface area contributed by atoms with E-state index in [1.54, 1.807) is 0 Å². The van der Waals surface area contributed by atoms with Gasteiger partial charge in [0.05, 0.1) is 6.61 Å². The maximum atomic E-state index is 9.76. The lowest BCUT2D eigenvalue weighted by atomic mass is 10.1. The van der Waals surface area contributed by atoms with Gasteiger partial charge in [-0.05, 0) is 0 Å². The van der Waals surface area contributed by atoms with Gasteiger partial charge in [-0.3, -0.25) is 0 Å². The van der Waals surface area contributed by atoms with Gasteiger partial charge < -0.3 is 30.3 Å². The van der Waals surface area contributed by atoms with Crippen molar-refractivity contribution >= 4 is 6.29 Å². The summed E-state index contributed by atoms with van der Waals surface area (Å²) in [6.45, 7) is -0.688. The first kappa shape index (κ1) is 14.0. The molecule has 0 heterocycles. The Morgan fingerprint density at radius 1 is 1.25 bits per heavy atom. The molecule has 74 valence electrons. The topological polar surface area (TPSA) is 118 Å². The van der Waals surface area contributed by atoms with E-state index >= 15 is 0 Å². The molecule has 0 saturated heterocycles. The summed E-state index contributed by atoms with van der Waals surface area (Å²) >= 11 is 0. The molecular formula is C6H14O6. The van der Waals surface area contributed by atoms with E-state index in [0.29, 0.717) is 0 Å². The van der Waals surface area contributed by atoms with E-state index in [9.17, 15) is 4.79 Å². The van der Waals surface area contributed by atoms with Gasteiger partial charge in [0, 0.05) is 7.11 Å². The molecule has 0 amide bonds. The summed E-state index contributed by atoms with van der Waals surface area (Å²) in [6.07, 6.45) is -4.63. The molecule has 5 N–H and O–H groups in total. The van der Waals surface area contributed by atoms with Crippen molar-refractivity contribution in [2.75, 3.05) is 13.7 Å². The first-order valence-corrected chi connectivity index (χ1v) is 3.18. The van der Waals surface area contributed by atoms with Crippen LogP contribution in [0, 0.1) is 0 Å². The molecule has 0 aromatic heterocycles. The van der Waals surface area contributed by atoms with Crippen LogP contribution in [0.2, 0.25) is 0 Å². The Morgan fingerprint density at radius 3 is 1.92 bits per heavy atom. The predicted octanol–water partition coefficient (Wildman–Crippen LogP) is -3.13. The van der Waals surface area contributed by atoms with Crippen molar-refractivity contribution in [3.05, 3.63) is 0 Å². The van der Waals surface area contributed by atoms with Crippen LogP contribution < -0.4 is 0 Å². The van der Waals surface area contributed by atoms with Crippen LogP contribution in [0.15, 0.2) is 0 Å². The third kappa shape index (κ3) is 5.16. The first-order valence-electron chi connectivity index (χ1n) is 3.18. The van der Waals surface area contributed by atoms with Gasteiger partial charge in [0.25, 0.3) is 0 Å². The standard InChI is InChI=1S/C5H10O5.CH4O/c6-1-3(8)5(10)4(9)2-7;1-2/h1,3-5,7-10H,2H2;2H,1H3/t3-,4+,5+;/m0./s1. The highest BCUT2D eigenvalue weighted by Gasteiger charge is 2.22. The highest BCUT2D eigenvalue weighted by atomic mass is 16.4. The van der Waals surface area contributed by atoms with Crippen molar-refractivity contribution in [2.24, 2.45) is 0 Å². The lowest BCUT2D eigenvalue weighted by molar-refractivity contribution is -0.127. The van der Waals surface area contributed by atoms with Gasteiger partial charge in [0.15, 0.2) is 6.29 Å². The van der Waals surface area contributed by atoms with Crippen molar-refractivity contribution < 1.29 is 30.3 Å². The normalized spacial score (nSPS) is 16.8. The Kier molecular flexibility index (Phi) is 10.0. The second kappa shape index (κ2) is 8.57. The third-order valence-electron chi connectivity index (χ3n) is 1.07. The average Bonchev–Trinajstić information content (AvgIpc) is 2.17. The Hall–Kier alpha value is -0.530. The number of hydrogen-bond acceptors (Lipinski definition) is 6. The zero-order valence-corrected chi connectivity index (χ0v) is 6.66. The van der Waals surface area contributed by atoms with Gasteiger partial charge in [-0.1, -0.05) is 0 Å². The molecule has 0 aliphatic carbocycles. The largest absolute Gasteiger partial charge is 0.400 e. The molecule has 0 bridgehead atoms. The molecule has 0 aliphatic heterocycles. The van der Waals surface area contributed by atoms with Gasteiger partial charge in [0.1, 0.15) is 18.3 Å². The molecule has 0 fully saturated rings. The van der Waals surface area contributed by atoms with Gasteiger partial charge in [-0.15, -0.1) is 0 Å². The van der Waals surface area contributed by atoms with Crippen molar-refractivity contribution in [3.8, 4) is 0 Å². The molecule has 0 unspecified atom stereocenters. The minimum absolute atomic E-state index is 0.0869. The van der Waals surface area contributed by atoms with E-state index in [0.717, 1.165) is 7.11 Å². The molecule has 0 spiro atoms. The molecule has 0 aromatic rings. The number of carbonyl (C=O) groups is 1. The lowest BCUT2D eigenvalue weighted by Gasteiger charge is -2.16. The van der Waals surface area contributed by atoms with E-state index in [2.05, 4.69) is 0 Å². The summed E-state index contributed by atoms with van der Waals surface area (Å²) in [5, 5.41) is 41.1. The van der Waals surface area contributed by atoms with Gasteiger partial charge >= 0.3 is 0 Å². The van der Waals surface area contributed by atoms with Crippen molar-refractivity contribution in [1.29, 1.82) is 0 Å². The molecule has 0 aliphatic rings. The van der Waals surface area contributed by atoms with Crippen molar-refractivity contribution in [3.63, 3.8) is 0 Å². The zero-order valence-electron chi connectivity index (χ0n) is 6.66. The fourth-order valence-electron chi connectivity index (χ4n) is 0.416. The summed E-state index contributed by atoms with van der Waals surface area (Å²) in [4.78, 5) is 9.76. The molecular weight excluding hydrogens is 168 g/mol. The number of aliphatic hydroxyl groups is 5. The van der Waals surface area contributed by atoms with E-state index < -0.39 is 24.9 Å². The van der Waals surface area contributed by atoms with Crippen LogP contribution in [0.25, 0.3) is 0 Å². The highest BCUT2D eigenvalue weighted by molar-refractivity contribution is 5.56. The molecule has 6 heteroatoms. The number of carbonyl (C=O) groups excluding carboxylic acids is 1. The fraction of sp³-hybridized carbons (Fsp3) is 0.833. The van der Waals surface area contributed by atoms with Crippen LogP contribution >= 0.6 is 0 Å². The fourth-order valence-corrected chi connectivity index (χ4v) is 0.416. The zero-order chi connectivity index (χ0) is 10.1. The van der Waals surface area contributed by atoms with Crippen molar-refractivity contribution in [1.82, 2.24) is 0 Å². The van der Waals surface area contributed by atoms with Gasteiger partial charge in [0.2, 0.25) is 0 Å². The number of aldehydes is 1. The second-order valence-electron chi connectivity index (χ2n) is 1.87. The molecule has 0 saturated carbocycles. The Morgan fingerprint density at radius 2 is 1.67 bits per heavy atom. The van der Waals surface area contributed by atoms with Crippen LogP contribution in [0.5, 0.6) is 0 Å². The Balaban J connectivity index is 0. The molecule has 12 heavy (non-hydrogen) atoms. The summed E-state index contributed by atoms with van der Waals surface area (Å²) in [5.74, 6) is 0. The van der Waals surface area contributed by atoms with Crippen LogP contribution in [0.4, 0.5) is 0 Å². The van der Waals surface area contributed by atoms with E-state index in [1.807, 2.05) is 0 Å². The second-order valence-corrected chi connectivity index (χ2v) is 1.87. The third-order valence-corrected chi connectivity index (χ3v) is 1.07. The van der Waals surface area contributed by atoms with E-state index in [-0.39, 0.29) is 6.29 Å². The molecule has 6 nitrogen and oxygen atoms in total. The maximum Gasteiger partial charge on any atom is 0.151 e. The molecule has 0 rings (SSSR count).